The minimum atomic E-state index is -0.490. The van der Waals surface area contributed by atoms with Crippen LogP contribution < -0.4 is 5.73 Å². The second-order valence-corrected chi connectivity index (χ2v) is 1.93. The molecule has 0 aliphatic heterocycles. The van der Waals surface area contributed by atoms with Gasteiger partial charge in [-0.1, -0.05) is 25.3 Å². The lowest BCUT2D eigenvalue weighted by molar-refractivity contribution is -0.114. The third kappa shape index (κ3) is 2.31. The van der Waals surface area contributed by atoms with Crippen LogP contribution in [-0.2, 0) is 4.79 Å². The van der Waals surface area contributed by atoms with E-state index >= 15 is 0 Å². The highest BCUT2D eigenvalue weighted by Crippen LogP contribution is 2.04. The maximum absolute atomic E-state index is 10.5. The summed E-state index contributed by atoms with van der Waals surface area (Å²) < 4.78 is 0. The van der Waals surface area contributed by atoms with E-state index in [-0.39, 0.29) is 0 Å². The summed E-state index contributed by atoms with van der Waals surface area (Å²) in [6.45, 7) is 8.71. The first-order chi connectivity index (χ1) is 4.59. The van der Waals surface area contributed by atoms with Crippen LogP contribution >= 0.6 is 0 Å². The number of rotatable bonds is 3. The average molecular weight is 137 g/mol. The summed E-state index contributed by atoms with van der Waals surface area (Å²) in [5.74, 6) is -0.490. The van der Waals surface area contributed by atoms with Crippen molar-refractivity contribution >= 4 is 5.91 Å². The van der Waals surface area contributed by atoms with Gasteiger partial charge in [-0.3, -0.25) is 4.79 Å². The minimum Gasteiger partial charge on any atom is -0.366 e. The third-order valence-corrected chi connectivity index (χ3v) is 1.14. The molecule has 2 N–H and O–H groups in total. The zero-order chi connectivity index (χ0) is 8.15. The molecule has 0 atom stereocenters. The molecule has 10 heavy (non-hydrogen) atoms. The lowest BCUT2D eigenvalue weighted by Gasteiger charge is -1.97. The molecule has 0 aromatic carbocycles. The number of hydrogen-bond donors (Lipinski definition) is 1. The monoisotopic (exact) mass is 137 g/mol. The number of hydrogen-bond acceptors (Lipinski definition) is 1. The quantitative estimate of drug-likeness (QED) is 0.460. The number of primary amides is 1. The molecule has 2 heteroatoms. The molecular formula is C8H11NO. The molecule has 54 valence electrons. The lowest BCUT2D eigenvalue weighted by Crippen LogP contribution is -2.13. The molecule has 0 spiro atoms. The fourth-order valence-corrected chi connectivity index (χ4v) is 0.472. The third-order valence-electron chi connectivity index (χ3n) is 1.14. The predicted molar refractivity (Wildman–Crippen MR) is 42.3 cm³/mol. The molecular weight excluding hydrogens is 126 g/mol. The molecule has 1 amide bonds. The van der Waals surface area contributed by atoms with Gasteiger partial charge in [0.2, 0.25) is 5.91 Å². The summed E-state index contributed by atoms with van der Waals surface area (Å²) in [5.41, 5.74) is 6.04. The second-order valence-electron chi connectivity index (χ2n) is 1.93. The number of allylic oxidation sites excluding steroid dienone is 2. The van der Waals surface area contributed by atoms with Crippen LogP contribution in [0.3, 0.4) is 0 Å². The molecule has 0 aliphatic rings. The van der Waals surface area contributed by atoms with Crippen LogP contribution in [0.4, 0.5) is 0 Å². The molecule has 0 aromatic heterocycles. The van der Waals surface area contributed by atoms with Gasteiger partial charge in [0.15, 0.2) is 0 Å². The highest BCUT2D eigenvalue weighted by molar-refractivity contribution is 5.95. The highest BCUT2D eigenvalue weighted by atomic mass is 16.1. The first kappa shape index (κ1) is 8.69. The summed E-state index contributed by atoms with van der Waals surface area (Å²) in [6.07, 6.45) is 3.27. The van der Waals surface area contributed by atoms with E-state index < -0.39 is 5.91 Å². The van der Waals surface area contributed by atoms with Crippen LogP contribution in [-0.4, -0.2) is 5.91 Å². The van der Waals surface area contributed by atoms with Crippen molar-refractivity contribution in [2.75, 3.05) is 0 Å². The minimum absolute atomic E-state index is 0.333. The first-order valence-electron chi connectivity index (χ1n) is 2.88. The topological polar surface area (TPSA) is 43.1 Å². The summed E-state index contributed by atoms with van der Waals surface area (Å²) >= 11 is 0. The van der Waals surface area contributed by atoms with Crippen LogP contribution in [0.15, 0.2) is 36.5 Å². The Bertz CT molecular complexity index is 201. The fraction of sp³-hybridized carbons (Fsp3) is 0.125. The summed E-state index contributed by atoms with van der Waals surface area (Å²) in [6, 6.07) is 0. The Labute approximate surface area is 60.7 Å². The standard InChI is InChI=1S/C8H11NO/c1-4-5-6(2)7(3)8(9)10/h4-5H,1,3H2,2H3,(H2,9,10)/b6-5-. The number of nitrogens with two attached hydrogens (primary N) is 1. The van der Waals surface area contributed by atoms with Gasteiger partial charge >= 0.3 is 0 Å². The number of carbonyl (C=O) groups excluding carboxylic acids is 1. The van der Waals surface area contributed by atoms with E-state index in [1.165, 1.54) is 0 Å². The maximum Gasteiger partial charge on any atom is 0.248 e. The molecule has 0 saturated heterocycles. The highest BCUT2D eigenvalue weighted by Gasteiger charge is 2.00. The Morgan fingerprint density at radius 3 is 2.40 bits per heavy atom. The van der Waals surface area contributed by atoms with E-state index in [0.29, 0.717) is 5.57 Å². The summed E-state index contributed by atoms with van der Waals surface area (Å²) in [4.78, 5) is 10.5. The van der Waals surface area contributed by atoms with Crippen molar-refractivity contribution in [1.82, 2.24) is 0 Å². The van der Waals surface area contributed by atoms with E-state index in [0.717, 1.165) is 5.57 Å². The van der Waals surface area contributed by atoms with E-state index in [1.54, 1.807) is 19.1 Å². The van der Waals surface area contributed by atoms with E-state index in [9.17, 15) is 4.79 Å². The van der Waals surface area contributed by atoms with Gasteiger partial charge in [0.25, 0.3) is 0 Å². The number of amides is 1. The smallest absolute Gasteiger partial charge is 0.248 e. The summed E-state index contributed by atoms with van der Waals surface area (Å²) in [5, 5.41) is 0. The van der Waals surface area contributed by atoms with Gasteiger partial charge in [0.1, 0.15) is 0 Å². The molecule has 0 bridgehead atoms. The van der Waals surface area contributed by atoms with Crippen LogP contribution in [0.2, 0.25) is 0 Å². The van der Waals surface area contributed by atoms with Gasteiger partial charge in [-0.2, -0.15) is 0 Å². The van der Waals surface area contributed by atoms with Gasteiger partial charge < -0.3 is 5.73 Å². The van der Waals surface area contributed by atoms with Gasteiger partial charge in [-0.05, 0) is 12.5 Å². The largest absolute Gasteiger partial charge is 0.366 e. The van der Waals surface area contributed by atoms with Crippen molar-refractivity contribution in [3.8, 4) is 0 Å². The normalized spacial score (nSPS) is 10.7. The fourth-order valence-electron chi connectivity index (χ4n) is 0.472. The average Bonchev–Trinajstić information content (AvgIpc) is 1.87. The van der Waals surface area contributed by atoms with E-state index in [1.807, 2.05) is 0 Å². The molecule has 0 saturated carbocycles. The number of carbonyl (C=O) groups is 1. The van der Waals surface area contributed by atoms with Crippen LogP contribution in [0, 0.1) is 0 Å². The van der Waals surface area contributed by atoms with Crippen molar-refractivity contribution in [3.63, 3.8) is 0 Å². The Morgan fingerprint density at radius 1 is 1.60 bits per heavy atom. The van der Waals surface area contributed by atoms with Gasteiger partial charge in [0.05, 0.1) is 0 Å². The SMILES string of the molecule is C=C/C=C(/C)C(=C)C(N)=O. The zero-order valence-electron chi connectivity index (χ0n) is 6.05. The van der Waals surface area contributed by atoms with Crippen LogP contribution in [0.5, 0.6) is 0 Å². The second kappa shape index (κ2) is 3.67. The van der Waals surface area contributed by atoms with E-state index in [2.05, 4.69) is 13.2 Å². The van der Waals surface area contributed by atoms with Gasteiger partial charge in [0, 0.05) is 5.57 Å². The lowest BCUT2D eigenvalue weighted by atomic mass is 10.1. The van der Waals surface area contributed by atoms with Gasteiger partial charge in [-0.15, -0.1) is 0 Å². The van der Waals surface area contributed by atoms with Crippen LogP contribution in [0.1, 0.15) is 6.92 Å². The molecule has 0 unspecified atom stereocenters. The van der Waals surface area contributed by atoms with E-state index in [4.69, 9.17) is 5.73 Å². The molecule has 0 radical (unpaired) electrons. The molecule has 0 aliphatic carbocycles. The van der Waals surface area contributed by atoms with Crippen molar-refractivity contribution < 1.29 is 4.79 Å². The Balaban J connectivity index is 4.36. The molecule has 0 fully saturated rings. The van der Waals surface area contributed by atoms with Gasteiger partial charge in [-0.25, -0.2) is 0 Å². The van der Waals surface area contributed by atoms with Crippen molar-refractivity contribution in [2.45, 2.75) is 6.92 Å². The Hall–Kier alpha value is -1.31. The van der Waals surface area contributed by atoms with Crippen molar-refractivity contribution in [2.24, 2.45) is 5.73 Å². The van der Waals surface area contributed by atoms with Crippen LogP contribution in [0.25, 0.3) is 0 Å². The molecule has 0 heterocycles. The Kier molecular flexibility index (Phi) is 3.19. The van der Waals surface area contributed by atoms with Crippen molar-refractivity contribution in [3.05, 3.63) is 36.5 Å². The maximum atomic E-state index is 10.5. The molecule has 0 aromatic rings. The predicted octanol–water partition coefficient (Wildman–Crippen LogP) is 1.16. The first-order valence-corrected chi connectivity index (χ1v) is 2.88. The summed E-state index contributed by atoms with van der Waals surface area (Å²) in [7, 11) is 0. The zero-order valence-corrected chi connectivity index (χ0v) is 6.05. The van der Waals surface area contributed by atoms with Crippen molar-refractivity contribution in [1.29, 1.82) is 0 Å². The molecule has 2 nitrogen and oxygen atoms in total. The Morgan fingerprint density at radius 2 is 2.10 bits per heavy atom. The molecule has 0 rings (SSSR count).